The summed E-state index contributed by atoms with van der Waals surface area (Å²) < 4.78 is 7.41. The van der Waals surface area contributed by atoms with Crippen molar-refractivity contribution in [2.75, 3.05) is 20.3 Å². The van der Waals surface area contributed by atoms with Gasteiger partial charge in [0.05, 0.1) is 13.2 Å². The highest BCUT2D eigenvalue weighted by atomic mass is 35.5. The quantitative estimate of drug-likeness (QED) is 0.551. The van der Waals surface area contributed by atoms with Crippen LogP contribution in [0.15, 0.2) is 42.6 Å². The average Bonchev–Trinajstić information content (AvgIpc) is 3.37. The number of rotatable bonds is 10. The summed E-state index contributed by atoms with van der Waals surface area (Å²) >= 11 is 6.33. The molecule has 1 heterocycles. The third-order valence-electron chi connectivity index (χ3n) is 5.73. The second kappa shape index (κ2) is 10.7. The van der Waals surface area contributed by atoms with Gasteiger partial charge in [-0.3, -0.25) is 4.79 Å². The van der Waals surface area contributed by atoms with E-state index in [-0.39, 0.29) is 5.91 Å². The van der Waals surface area contributed by atoms with Crippen molar-refractivity contribution in [2.45, 2.75) is 51.6 Å². The number of halogens is 1. The van der Waals surface area contributed by atoms with E-state index in [0.717, 1.165) is 28.6 Å². The molecule has 1 aromatic carbocycles. The second-order valence-electron chi connectivity index (χ2n) is 7.72. The molecular weight excluding hydrogens is 372 g/mol. The highest BCUT2D eigenvalue weighted by molar-refractivity contribution is 6.31. The molecule has 28 heavy (non-hydrogen) atoms. The van der Waals surface area contributed by atoms with Crippen LogP contribution in [0.4, 0.5) is 0 Å². The Morgan fingerprint density at radius 3 is 2.75 bits per heavy atom. The van der Waals surface area contributed by atoms with E-state index >= 15 is 0 Å². The lowest BCUT2D eigenvalue weighted by molar-refractivity contribution is -0.132. The first-order chi connectivity index (χ1) is 13.7. The lowest BCUT2D eigenvalue weighted by Gasteiger charge is -2.24. The largest absolute Gasteiger partial charge is 0.383 e. The van der Waals surface area contributed by atoms with Crippen LogP contribution in [0, 0.1) is 5.92 Å². The maximum Gasteiger partial charge on any atom is 0.223 e. The first-order valence-corrected chi connectivity index (χ1v) is 10.7. The Kier molecular flexibility index (Phi) is 7.99. The van der Waals surface area contributed by atoms with Gasteiger partial charge in [0.1, 0.15) is 0 Å². The Balaban J connectivity index is 1.64. The van der Waals surface area contributed by atoms with E-state index in [1.807, 2.05) is 35.2 Å². The molecule has 0 bridgehead atoms. The van der Waals surface area contributed by atoms with Gasteiger partial charge >= 0.3 is 0 Å². The van der Waals surface area contributed by atoms with Gasteiger partial charge in [0.2, 0.25) is 5.91 Å². The van der Waals surface area contributed by atoms with Crippen molar-refractivity contribution in [3.05, 3.63) is 58.9 Å². The molecule has 1 fully saturated rings. The van der Waals surface area contributed by atoms with Gasteiger partial charge in [0.15, 0.2) is 0 Å². The maximum atomic E-state index is 12.9. The smallest absolute Gasteiger partial charge is 0.223 e. The standard InChI is InChI=1S/C23H31ClN2O2/c1-28-16-15-26(23(27)13-12-19-7-2-3-8-19)18-21-10-6-14-25(21)17-20-9-4-5-11-22(20)24/h4-6,9-11,14,19H,2-3,7-8,12-13,15-18H2,1H3. The van der Waals surface area contributed by atoms with E-state index in [1.54, 1.807) is 7.11 Å². The van der Waals surface area contributed by atoms with Gasteiger partial charge in [-0.15, -0.1) is 0 Å². The Morgan fingerprint density at radius 1 is 1.21 bits per heavy atom. The van der Waals surface area contributed by atoms with Gasteiger partial charge in [-0.2, -0.15) is 0 Å². The number of amides is 1. The number of aromatic nitrogens is 1. The van der Waals surface area contributed by atoms with Crippen LogP contribution >= 0.6 is 11.6 Å². The summed E-state index contributed by atoms with van der Waals surface area (Å²) in [5.74, 6) is 0.965. The normalized spacial score (nSPS) is 14.5. The van der Waals surface area contributed by atoms with Gasteiger partial charge in [-0.05, 0) is 36.1 Å². The first-order valence-electron chi connectivity index (χ1n) is 10.3. The summed E-state index contributed by atoms with van der Waals surface area (Å²) in [7, 11) is 1.68. The molecule has 2 aromatic rings. The Hall–Kier alpha value is -1.78. The zero-order valence-electron chi connectivity index (χ0n) is 16.8. The fourth-order valence-electron chi connectivity index (χ4n) is 4.03. The van der Waals surface area contributed by atoms with Gasteiger partial charge in [0, 0.05) is 43.5 Å². The lowest BCUT2D eigenvalue weighted by Crippen LogP contribution is -2.34. The highest BCUT2D eigenvalue weighted by Crippen LogP contribution is 2.29. The minimum Gasteiger partial charge on any atom is -0.383 e. The third-order valence-corrected chi connectivity index (χ3v) is 6.10. The zero-order chi connectivity index (χ0) is 19.8. The number of methoxy groups -OCH3 is 1. The summed E-state index contributed by atoms with van der Waals surface area (Å²) in [5.41, 5.74) is 2.20. The Morgan fingerprint density at radius 2 is 2.00 bits per heavy atom. The number of hydrogen-bond acceptors (Lipinski definition) is 2. The highest BCUT2D eigenvalue weighted by Gasteiger charge is 2.20. The molecule has 0 N–H and O–H groups in total. The molecule has 1 aliphatic rings. The van der Waals surface area contributed by atoms with Crippen LogP contribution in [0.2, 0.25) is 5.02 Å². The van der Waals surface area contributed by atoms with Crippen molar-refractivity contribution in [3.63, 3.8) is 0 Å². The number of carbonyl (C=O) groups excluding carboxylic acids is 1. The lowest BCUT2D eigenvalue weighted by atomic mass is 10.0. The Labute approximate surface area is 173 Å². The van der Waals surface area contributed by atoms with Gasteiger partial charge < -0.3 is 14.2 Å². The average molecular weight is 403 g/mol. The minimum atomic E-state index is 0.231. The van der Waals surface area contributed by atoms with Gasteiger partial charge in [0.25, 0.3) is 0 Å². The molecule has 0 atom stereocenters. The fraction of sp³-hybridized carbons (Fsp3) is 0.522. The van der Waals surface area contributed by atoms with Crippen LogP contribution in [0.5, 0.6) is 0 Å². The molecule has 5 heteroatoms. The molecule has 0 aliphatic heterocycles. The minimum absolute atomic E-state index is 0.231. The molecule has 3 rings (SSSR count). The van der Waals surface area contributed by atoms with E-state index < -0.39 is 0 Å². The molecule has 0 unspecified atom stereocenters. The number of hydrogen-bond donors (Lipinski definition) is 0. The molecule has 1 saturated carbocycles. The van der Waals surface area contributed by atoms with Gasteiger partial charge in [-0.1, -0.05) is 55.5 Å². The van der Waals surface area contributed by atoms with Crippen LogP contribution in [0.25, 0.3) is 0 Å². The van der Waals surface area contributed by atoms with E-state index in [1.165, 1.54) is 25.7 Å². The molecule has 152 valence electrons. The van der Waals surface area contributed by atoms with Crippen LogP contribution in [0.3, 0.4) is 0 Å². The molecule has 1 aromatic heterocycles. The molecular formula is C23H31ClN2O2. The SMILES string of the molecule is COCCN(Cc1cccn1Cc1ccccc1Cl)C(=O)CCC1CCCC1. The fourth-order valence-corrected chi connectivity index (χ4v) is 4.23. The summed E-state index contributed by atoms with van der Waals surface area (Å²) in [5, 5.41) is 0.769. The summed E-state index contributed by atoms with van der Waals surface area (Å²) in [6.45, 7) is 2.48. The molecule has 1 aliphatic carbocycles. The number of benzene rings is 1. The van der Waals surface area contributed by atoms with Crippen molar-refractivity contribution < 1.29 is 9.53 Å². The molecule has 0 spiro atoms. The van der Waals surface area contributed by atoms with Crippen LogP contribution in [-0.2, 0) is 22.6 Å². The predicted octanol–water partition coefficient (Wildman–Crippen LogP) is 5.14. The van der Waals surface area contributed by atoms with E-state index in [2.05, 4.69) is 16.8 Å². The second-order valence-corrected chi connectivity index (χ2v) is 8.12. The van der Waals surface area contributed by atoms with E-state index in [0.29, 0.717) is 32.7 Å². The van der Waals surface area contributed by atoms with Crippen molar-refractivity contribution in [1.29, 1.82) is 0 Å². The first kappa shape index (κ1) is 20.9. The van der Waals surface area contributed by atoms with E-state index in [9.17, 15) is 4.79 Å². The van der Waals surface area contributed by atoms with Crippen molar-refractivity contribution in [1.82, 2.24) is 9.47 Å². The zero-order valence-corrected chi connectivity index (χ0v) is 17.5. The van der Waals surface area contributed by atoms with Crippen LogP contribution in [-0.4, -0.2) is 35.6 Å². The van der Waals surface area contributed by atoms with Crippen molar-refractivity contribution in [2.24, 2.45) is 5.92 Å². The van der Waals surface area contributed by atoms with E-state index in [4.69, 9.17) is 16.3 Å². The maximum absolute atomic E-state index is 12.9. The summed E-state index contributed by atoms with van der Waals surface area (Å²) in [6, 6.07) is 12.0. The Bertz CT molecular complexity index is 753. The van der Waals surface area contributed by atoms with Crippen LogP contribution in [0.1, 0.15) is 49.8 Å². The summed E-state index contributed by atoms with van der Waals surface area (Å²) in [4.78, 5) is 14.8. The van der Waals surface area contributed by atoms with Crippen LogP contribution < -0.4 is 0 Å². The van der Waals surface area contributed by atoms with Crippen molar-refractivity contribution >= 4 is 17.5 Å². The number of carbonyl (C=O) groups is 1. The number of ether oxygens (including phenoxy) is 1. The van der Waals surface area contributed by atoms with Gasteiger partial charge in [-0.25, -0.2) is 0 Å². The number of nitrogens with zero attached hydrogens (tertiary/aromatic N) is 2. The molecule has 0 radical (unpaired) electrons. The predicted molar refractivity (Wildman–Crippen MR) is 113 cm³/mol. The third kappa shape index (κ3) is 5.86. The molecule has 0 saturated heterocycles. The molecule has 4 nitrogen and oxygen atoms in total. The topological polar surface area (TPSA) is 34.5 Å². The summed E-state index contributed by atoms with van der Waals surface area (Å²) in [6.07, 6.45) is 8.92. The van der Waals surface area contributed by atoms with Crippen molar-refractivity contribution in [3.8, 4) is 0 Å². The monoisotopic (exact) mass is 402 g/mol. The molecule has 1 amide bonds.